The molecule has 0 aliphatic carbocycles. The summed E-state index contributed by atoms with van der Waals surface area (Å²) in [6.07, 6.45) is 6.23. The van der Waals surface area contributed by atoms with E-state index in [2.05, 4.69) is 10.7 Å². The predicted octanol–water partition coefficient (Wildman–Crippen LogP) is 3.53. The van der Waals surface area contributed by atoms with Crippen LogP contribution in [0.2, 0.25) is 0 Å². The SMILES string of the molecule is C#CP(Nc1ccc(C(=O)O)cc1)OC(C)(C)CCOC. The summed E-state index contributed by atoms with van der Waals surface area (Å²) in [7, 11) is 0.352. The van der Waals surface area contributed by atoms with E-state index in [-0.39, 0.29) is 5.56 Å². The zero-order valence-corrected chi connectivity index (χ0v) is 13.3. The van der Waals surface area contributed by atoms with Crippen molar-refractivity contribution in [1.82, 2.24) is 0 Å². The monoisotopic (exact) mass is 309 g/mol. The van der Waals surface area contributed by atoms with Crippen LogP contribution in [0.15, 0.2) is 24.3 Å². The molecule has 0 aliphatic heterocycles. The van der Waals surface area contributed by atoms with E-state index in [9.17, 15) is 4.79 Å². The molecule has 0 aromatic heterocycles. The number of carbonyl (C=O) groups is 1. The standard InChI is InChI=1S/C15H20NO4P/c1-5-21(20-15(2,3)10-11-19-4)16-13-8-6-12(7-9-13)14(17)18/h1,6-9,16H,10-11H2,2-4H3,(H,17,18). The van der Waals surface area contributed by atoms with Gasteiger partial charge in [-0.15, -0.1) is 6.42 Å². The first-order chi connectivity index (χ1) is 9.88. The van der Waals surface area contributed by atoms with Gasteiger partial charge in [-0.1, -0.05) is 0 Å². The Hall–Kier alpha value is -1.60. The molecule has 0 saturated heterocycles. The van der Waals surface area contributed by atoms with Gasteiger partial charge >= 0.3 is 5.97 Å². The molecule has 0 saturated carbocycles. The molecular weight excluding hydrogens is 289 g/mol. The van der Waals surface area contributed by atoms with E-state index in [4.69, 9.17) is 20.8 Å². The van der Waals surface area contributed by atoms with Crippen LogP contribution in [-0.4, -0.2) is 30.4 Å². The van der Waals surface area contributed by atoms with Crippen molar-refractivity contribution in [3.8, 4) is 12.1 Å². The average Bonchev–Trinajstić information content (AvgIpc) is 2.44. The van der Waals surface area contributed by atoms with Gasteiger partial charge in [-0.05, 0) is 50.2 Å². The lowest BCUT2D eigenvalue weighted by Gasteiger charge is -2.28. The maximum atomic E-state index is 10.8. The van der Waals surface area contributed by atoms with Crippen LogP contribution >= 0.6 is 8.30 Å². The molecule has 0 aliphatic rings. The molecule has 0 amide bonds. The molecule has 1 atom stereocenters. The van der Waals surface area contributed by atoms with Crippen LogP contribution in [-0.2, 0) is 9.26 Å². The van der Waals surface area contributed by atoms with Crippen LogP contribution in [0.25, 0.3) is 0 Å². The number of nitrogens with one attached hydrogen (secondary N) is 1. The number of terminal acetylenes is 1. The number of methoxy groups -OCH3 is 1. The van der Waals surface area contributed by atoms with Gasteiger partial charge in [0, 0.05) is 19.4 Å². The molecule has 0 bridgehead atoms. The lowest BCUT2D eigenvalue weighted by atomic mass is 10.1. The zero-order chi connectivity index (χ0) is 15.9. The molecule has 0 heterocycles. The number of carboxylic acid groups (broad SMARTS) is 1. The number of hydrogen-bond donors (Lipinski definition) is 2. The van der Waals surface area contributed by atoms with Crippen LogP contribution < -0.4 is 5.09 Å². The Kier molecular flexibility index (Phi) is 6.64. The summed E-state index contributed by atoms with van der Waals surface area (Å²) in [6, 6.07) is 6.37. The number of benzene rings is 1. The predicted molar refractivity (Wildman–Crippen MR) is 84.4 cm³/mol. The largest absolute Gasteiger partial charge is 0.478 e. The Morgan fingerprint density at radius 2 is 2.05 bits per heavy atom. The summed E-state index contributed by atoms with van der Waals surface area (Å²) >= 11 is 0. The fraction of sp³-hybridized carbons (Fsp3) is 0.400. The second kappa shape index (κ2) is 7.99. The Bertz CT molecular complexity index is 507. The summed E-state index contributed by atoms with van der Waals surface area (Å²) in [5.74, 6) is -0.960. The van der Waals surface area contributed by atoms with Gasteiger partial charge in [-0.2, -0.15) is 0 Å². The van der Waals surface area contributed by atoms with Gasteiger partial charge < -0.3 is 19.5 Å². The Morgan fingerprint density at radius 1 is 1.43 bits per heavy atom. The topological polar surface area (TPSA) is 67.8 Å². The van der Waals surface area contributed by atoms with Crippen molar-refractivity contribution in [2.24, 2.45) is 0 Å². The first kappa shape index (κ1) is 17.5. The molecule has 1 aromatic rings. The highest BCUT2D eigenvalue weighted by Crippen LogP contribution is 2.41. The second-order valence-electron chi connectivity index (χ2n) is 5.01. The minimum absolute atomic E-state index is 0.229. The maximum absolute atomic E-state index is 10.8. The van der Waals surface area contributed by atoms with E-state index in [1.165, 1.54) is 12.1 Å². The molecule has 0 radical (unpaired) electrons. The van der Waals surface area contributed by atoms with Crippen LogP contribution in [0, 0.1) is 12.1 Å². The van der Waals surface area contributed by atoms with Gasteiger partial charge in [0.25, 0.3) is 0 Å². The fourth-order valence-corrected chi connectivity index (χ4v) is 2.66. The summed E-state index contributed by atoms with van der Waals surface area (Å²) in [6.45, 7) is 4.50. The second-order valence-corrected chi connectivity index (χ2v) is 6.26. The number of carboxylic acids is 1. The lowest BCUT2D eigenvalue weighted by molar-refractivity contribution is 0.0696. The molecule has 1 rings (SSSR count). The van der Waals surface area contributed by atoms with E-state index in [1.807, 2.05) is 13.8 Å². The summed E-state index contributed by atoms with van der Waals surface area (Å²) in [4.78, 5) is 10.8. The molecular formula is C15H20NO4P. The van der Waals surface area contributed by atoms with E-state index < -0.39 is 19.9 Å². The normalized spacial score (nSPS) is 12.5. The van der Waals surface area contributed by atoms with Crippen molar-refractivity contribution < 1.29 is 19.2 Å². The molecule has 2 N–H and O–H groups in total. The summed E-state index contributed by atoms with van der Waals surface area (Å²) < 4.78 is 10.9. The van der Waals surface area contributed by atoms with Gasteiger partial charge in [0.1, 0.15) is 0 Å². The molecule has 21 heavy (non-hydrogen) atoms. The molecule has 1 aromatic carbocycles. The van der Waals surface area contributed by atoms with E-state index in [0.29, 0.717) is 6.61 Å². The number of aromatic carboxylic acids is 1. The Balaban J connectivity index is 2.65. The minimum atomic E-state index is -1.29. The third kappa shape index (κ3) is 6.14. The van der Waals surface area contributed by atoms with Gasteiger partial charge in [-0.25, -0.2) is 4.79 Å². The smallest absolute Gasteiger partial charge is 0.335 e. The lowest BCUT2D eigenvalue weighted by Crippen LogP contribution is -2.24. The van der Waals surface area contributed by atoms with Crippen molar-refractivity contribution >= 4 is 20.0 Å². The van der Waals surface area contributed by atoms with Crippen molar-refractivity contribution in [2.75, 3.05) is 18.8 Å². The van der Waals surface area contributed by atoms with Crippen molar-refractivity contribution in [1.29, 1.82) is 0 Å². The first-order valence-corrected chi connectivity index (χ1v) is 7.68. The third-order valence-corrected chi connectivity index (χ3v) is 4.10. The Labute approximate surface area is 126 Å². The zero-order valence-electron chi connectivity index (χ0n) is 12.4. The van der Waals surface area contributed by atoms with Crippen LogP contribution in [0.3, 0.4) is 0 Å². The number of ether oxygens (including phenoxy) is 1. The first-order valence-electron chi connectivity index (χ1n) is 6.42. The van der Waals surface area contributed by atoms with Crippen molar-refractivity contribution in [3.63, 3.8) is 0 Å². The van der Waals surface area contributed by atoms with Gasteiger partial charge in [0.2, 0.25) is 8.30 Å². The number of rotatable bonds is 8. The van der Waals surface area contributed by atoms with Gasteiger partial charge in [-0.3, -0.25) is 0 Å². The summed E-state index contributed by atoms with van der Waals surface area (Å²) in [5, 5.41) is 12.0. The van der Waals surface area contributed by atoms with Crippen LogP contribution in [0.5, 0.6) is 0 Å². The molecule has 5 nitrogen and oxygen atoms in total. The maximum Gasteiger partial charge on any atom is 0.335 e. The average molecular weight is 309 g/mol. The van der Waals surface area contributed by atoms with Crippen LogP contribution in [0.1, 0.15) is 30.6 Å². The summed E-state index contributed by atoms with van der Waals surface area (Å²) in [5.41, 5.74) is 3.15. The molecule has 1 unspecified atom stereocenters. The van der Waals surface area contributed by atoms with E-state index >= 15 is 0 Å². The molecule has 6 heteroatoms. The fourth-order valence-electron chi connectivity index (χ4n) is 1.53. The van der Waals surface area contributed by atoms with Gasteiger partial charge in [0.05, 0.1) is 11.2 Å². The highest BCUT2D eigenvalue weighted by atomic mass is 31.2. The van der Waals surface area contributed by atoms with Crippen molar-refractivity contribution in [3.05, 3.63) is 29.8 Å². The minimum Gasteiger partial charge on any atom is -0.478 e. The van der Waals surface area contributed by atoms with Crippen LogP contribution in [0.4, 0.5) is 5.69 Å². The highest BCUT2D eigenvalue weighted by Gasteiger charge is 2.23. The van der Waals surface area contributed by atoms with E-state index in [0.717, 1.165) is 12.1 Å². The molecule has 0 spiro atoms. The quantitative estimate of drug-likeness (QED) is 0.568. The van der Waals surface area contributed by atoms with Crippen molar-refractivity contribution in [2.45, 2.75) is 25.9 Å². The number of anilines is 1. The third-order valence-electron chi connectivity index (χ3n) is 2.73. The molecule has 0 fully saturated rings. The van der Waals surface area contributed by atoms with Gasteiger partial charge in [0.15, 0.2) is 0 Å². The molecule has 114 valence electrons. The van der Waals surface area contributed by atoms with E-state index in [1.54, 1.807) is 19.2 Å². The Morgan fingerprint density at radius 3 is 2.52 bits per heavy atom. The number of hydrogen-bond acceptors (Lipinski definition) is 4. The highest BCUT2D eigenvalue weighted by molar-refractivity contribution is 7.59.